The highest BCUT2D eigenvalue weighted by atomic mass is 32.2. The van der Waals surface area contributed by atoms with Gasteiger partial charge in [0.25, 0.3) is 0 Å². The molecule has 3 N–H and O–H groups in total. The number of primary sulfonamides is 1. The van der Waals surface area contributed by atoms with Gasteiger partial charge >= 0.3 is 5.63 Å². The van der Waals surface area contributed by atoms with Crippen molar-refractivity contribution >= 4 is 21.0 Å². The van der Waals surface area contributed by atoms with Gasteiger partial charge in [-0.3, -0.25) is 0 Å². The SMILES string of the molecule is NS(=O)(=O)c1cc2cccc(O)c2oc1=O. The molecule has 1 aromatic heterocycles. The summed E-state index contributed by atoms with van der Waals surface area (Å²) in [5.74, 6) is -0.240. The minimum atomic E-state index is -4.13. The molecule has 0 saturated heterocycles. The Balaban J connectivity index is 2.94. The first-order chi connectivity index (χ1) is 7.39. The second-order valence-corrected chi connectivity index (χ2v) is 4.67. The predicted octanol–water partition coefficient (Wildman–Crippen LogP) is 0.146. The maximum absolute atomic E-state index is 11.3. The van der Waals surface area contributed by atoms with E-state index in [0.717, 1.165) is 6.07 Å². The Hall–Kier alpha value is -1.86. The minimum Gasteiger partial charge on any atom is -0.504 e. The average molecular weight is 241 g/mol. The summed E-state index contributed by atoms with van der Waals surface area (Å²) in [5.41, 5.74) is -1.17. The highest BCUT2D eigenvalue weighted by molar-refractivity contribution is 7.89. The average Bonchev–Trinajstić information content (AvgIpc) is 2.17. The van der Waals surface area contributed by atoms with E-state index in [-0.39, 0.29) is 16.7 Å². The second-order valence-electron chi connectivity index (χ2n) is 3.14. The minimum absolute atomic E-state index is 0.0695. The van der Waals surface area contributed by atoms with Gasteiger partial charge in [-0.15, -0.1) is 0 Å². The number of phenolic OH excluding ortho intramolecular Hbond substituents is 1. The molecule has 2 rings (SSSR count). The molecule has 0 aliphatic heterocycles. The van der Waals surface area contributed by atoms with Gasteiger partial charge in [0, 0.05) is 5.39 Å². The van der Waals surface area contributed by atoms with Crippen molar-refractivity contribution in [2.75, 3.05) is 0 Å². The molecule has 0 unspecified atom stereocenters. The third kappa shape index (κ3) is 1.66. The summed E-state index contributed by atoms with van der Waals surface area (Å²) in [6.45, 7) is 0. The normalized spacial score (nSPS) is 11.8. The summed E-state index contributed by atoms with van der Waals surface area (Å²) >= 11 is 0. The third-order valence-corrected chi connectivity index (χ3v) is 2.91. The molecule has 0 fully saturated rings. The van der Waals surface area contributed by atoms with Crippen LogP contribution in [0.15, 0.2) is 38.4 Å². The lowest BCUT2D eigenvalue weighted by molar-refractivity contribution is 0.453. The van der Waals surface area contributed by atoms with Crippen molar-refractivity contribution in [1.82, 2.24) is 0 Å². The van der Waals surface area contributed by atoms with Crippen LogP contribution in [0.1, 0.15) is 0 Å². The summed E-state index contributed by atoms with van der Waals surface area (Å²) < 4.78 is 26.8. The number of sulfonamides is 1. The molecule has 0 saturated carbocycles. The van der Waals surface area contributed by atoms with Crippen LogP contribution >= 0.6 is 0 Å². The van der Waals surface area contributed by atoms with Crippen LogP contribution in [0.2, 0.25) is 0 Å². The van der Waals surface area contributed by atoms with Crippen LogP contribution < -0.4 is 10.8 Å². The van der Waals surface area contributed by atoms with Crippen LogP contribution in [0.5, 0.6) is 5.75 Å². The van der Waals surface area contributed by atoms with Gasteiger partial charge in [-0.05, 0) is 12.1 Å². The second kappa shape index (κ2) is 3.32. The van der Waals surface area contributed by atoms with E-state index in [1.165, 1.54) is 18.2 Å². The summed E-state index contributed by atoms with van der Waals surface area (Å²) in [6, 6.07) is 5.37. The summed E-state index contributed by atoms with van der Waals surface area (Å²) in [5, 5.41) is 14.5. The van der Waals surface area contributed by atoms with Crippen molar-refractivity contribution < 1.29 is 17.9 Å². The van der Waals surface area contributed by atoms with E-state index in [4.69, 9.17) is 5.14 Å². The standard InChI is InChI=1S/C9H7NO5S/c10-16(13,14)7-4-5-2-1-3-6(11)8(5)15-9(7)12/h1-4,11H,(H2,10,13,14). The number of fused-ring (bicyclic) bond motifs is 1. The largest absolute Gasteiger partial charge is 0.504 e. The molecule has 0 amide bonds. The lowest BCUT2D eigenvalue weighted by Crippen LogP contribution is -2.20. The first-order valence-corrected chi connectivity index (χ1v) is 5.73. The zero-order valence-electron chi connectivity index (χ0n) is 7.88. The molecule has 0 radical (unpaired) electrons. The molecule has 0 bridgehead atoms. The fourth-order valence-corrected chi connectivity index (χ4v) is 1.87. The molecule has 1 aromatic carbocycles. The summed E-state index contributed by atoms with van der Waals surface area (Å²) in [6.07, 6.45) is 0. The van der Waals surface area contributed by atoms with E-state index in [2.05, 4.69) is 4.42 Å². The van der Waals surface area contributed by atoms with Crippen LogP contribution in [0, 0.1) is 0 Å². The number of para-hydroxylation sites is 1. The van der Waals surface area contributed by atoms with Gasteiger partial charge in [0.1, 0.15) is 0 Å². The number of nitrogens with two attached hydrogens (primary N) is 1. The van der Waals surface area contributed by atoms with Gasteiger partial charge < -0.3 is 9.52 Å². The molecule has 7 heteroatoms. The number of hydrogen-bond donors (Lipinski definition) is 2. The van der Waals surface area contributed by atoms with E-state index in [1.807, 2.05) is 0 Å². The van der Waals surface area contributed by atoms with Gasteiger partial charge in [0.2, 0.25) is 10.0 Å². The lowest BCUT2D eigenvalue weighted by atomic mass is 10.2. The number of phenols is 1. The molecule has 2 aromatic rings. The van der Waals surface area contributed by atoms with E-state index < -0.39 is 20.5 Å². The zero-order valence-corrected chi connectivity index (χ0v) is 8.69. The molecule has 0 spiro atoms. The Kier molecular flexibility index (Phi) is 2.21. The maximum atomic E-state index is 11.3. The van der Waals surface area contributed by atoms with Crippen LogP contribution in [0.4, 0.5) is 0 Å². The number of aromatic hydroxyl groups is 1. The number of benzene rings is 1. The Morgan fingerprint density at radius 1 is 1.31 bits per heavy atom. The van der Waals surface area contributed by atoms with Gasteiger partial charge in [-0.2, -0.15) is 0 Å². The Bertz CT molecular complexity index is 716. The van der Waals surface area contributed by atoms with Gasteiger partial charge in [0.15, 0.2) is 16.2 Å². The van der Waals surface area contributed by atoms with Crippen molar-refractivity contribution in [3.05, 3.63) is 34.7 Å². The van der Waals surface area contributed by atoms with E-state index >= 15 is 0 Å². The predicted molar refractivity (Wildman–Crippen MR) is 55.5 cm³/mol. The molecule has 16 heavy (non-hydrogen) atoms. The van der Waals surface area contributed by atoms with E-state index in [9.17, 15) is 18.3 Å². The number of hydrogen-bond acceptors (Lipinski definition) is 5. The molecule has 6 nitrogen and oxygen atoms in total. The first kappa shape index (κ1) is 10.7. The Morgan fingerprint density at radius 2 is 2.00 bits per heavy atom. The molecular weight excluding hydrogens is 234 g/mol. The monoisotopic (exact) mass is 241 g/mol. The van der Waals surface area contributed by atoms with Crippen LogP contribution in [-0.4, -0.2) is 13.5 Å². The fourth-order valence-electron chi connectivity index (χ4n) is 1.31. The van der Waals surface area contributed by atoms with Crippen molar-refractivity contribution in [2.24, 2.45) is 5.14 Å². The Labute approximate surface area is 90.0 Å². The first-order valence-electron chi connectivity index (χ1n) is 4.18. The molecule has 0 atom stereocenters. The smallest absolute Gasteiger partial charge is 0.356 e. The maximum Gasteiger partial charge on any atom is 0.356 e. The summed E-state index contributed by atoms with van der Waals surface area (Å²) in [4.78, 5) is 10.7. The van der Waals surface area contributed by atoms with E-state index in [1.54, 1.807) is 0 Å². The number of rotatable bonds is 1. The lowest BCUT2D eigenvalue weighted by Gasteiger charge is -2.01. The van der Waals surface area contributed by atoms with Gasteiger partial charge in [-0.25, -0.2) is 18.4 Å². The van der Waals surface area contributed by atoms with Crippen LogP contribution in [0.3, 0.4) is 0 Å². The van der Waals surface area contributed by atoms with Crippen LogP contribution in [0.25, 0.3) is 11.0 Å². The molecule has 0 aliphatic carbocycles. The van der Waals surface area contributed by atoms with E-state index in [0.29, 0.717) is 0 Å². The quantitative estimate of drug-likeness (QED) is 0.690. The highest BCUT2D eigenvalue weighted by Crippen LogP contribution is 2.23. The molecule has 1 heterocycles. The Morgan fingerprint density at radius 3 is 2.62 bits per heavy atom. The topological polar surface area (TPSA) is 111 Å². The molecule has 84 valence electrons. The highest BCUT2D eigenvalue weighted by Gasteiger charge is 2.16. The van der Waals surface area contributed by atoms with Crippen molar-refractivity contribution in [2.45, 2.75) is 4.90 Å². The molecule has 0 aliphatic rings. The molecular formula is C9H7NO5S. The van der Waals surface area contributed by atoms with Gasteiger partial charge in [-0.1, -0.05) is 12.1 Å². The fraction of sp³-hybridized carbons (Fsp3) is 0. The summed E-state index contributed by atoms with van der Waals surface area (Å²) in [7, 11) is -4.13. The van der Waals surface area contributed by atoms with Gasteiger partial charge in [0.05, 0.1) is 0 Å². The zero-order chi connectivity index (χ0) is 11.9. The third-order valence-electron chi connectivity index (χ3n) is 2.01. The van der Waals surface area contributed by atoms with Crippen molar-refractivity contribution in [3.63, 3.8) is 0 Å². The van der Waals surface area contributed by atoms with Crippen LogP contribution in [-0.2, 0) is 10.0 Å². The van der Waals surface area contributed by atoms with Crippen molar-refractivity contribution in [1.29, 1.82) is 0 Å². The van der Waals surface area contributed by atoms with Crippen molar-refractivity contribution in [3.8, 4) is 5.75 Å².